The van der Waals surface area contributed by atoms with E-state index in [1.165, 1.54) is 6.92 Å². The van der Waals surface area contributed by atoms with Crippen LogP contribution in [0.4, 0.5) is 0 Å². The predicted molar refractivity (Wildman–Crippen MR) is 102 cm³/mol. The number of hydrogen-bond acceptors (Lipinski definition) is 4. The van der Waals surface area contributed by atoms with Gasteiger partial charge in [-0.1, -0.05) is 23.7 Å². The fraction of sp³-hybridized carbons (Fsp3) is 0.529. The lowest BCUT2D eigenvalue weighted by molar-refractivity contribution is -0.122. The lowest BCUT2D eigenvalue weighted by Gasteiger charge is -2.27. The maximum atomic E-state index is 12.2. The Kier molecular flexibility index (Phi) is 9.82. The molecule has 1 unspecified atom stereocenters. The number of nitrogens with one attached hydrogen (secondary N) is 3. The zero-order valence-corrected chi connectivity index (χ0v) is 16.0. The van der Waals surface area contributed by atoms with E-state index >= 15 is 0 Å². The zero-order chi connectivity index (χ0) is 17.4. The average Bonchev–Trinajstić information content (AvgIpc) is 2.55. The normalized spacial score (nSPS) is 15.8. The highest BCUT2D eigenvalue weighted by Gasteiger charge is 2.17. The molecule has 8 heteroatoms. The highest BCUT2D eigenvalue weighted by Crippen LogP contribution is 2.19. The maximum absolute atomic E-state index is 12.2. The quantitative estimate of drug-likeness (QED) is 0.658. The molecule has 1 aromatic carbocycles. The van der Waals surface area contributed by atoms with Crippen LogP contribution >= 0.6 is 24.0 Å². The first kappa shape index (κ1) is 21.7. The molecule has 1 heterocycles. The lowest BCUT2D eigenvalue weighted by Crippen LogP contribution is -2.46. The SMILES string of the molecule is CC(=O)NC(CC(=O)NCCN1CCNCC1)c1ccc(Cl)cc1.Cl. The Balaban J connectivity index is 0.00000312. The number of amides is 2. The van der Waals surface area contributed by atoms with Gasteiger partial charge in [0, 0.05) is 51.2 Å². The molecule has 140 valence electrons. The molecule has 0 radical (unpaired) electrons. The maximum Gasteiger partial charge on any atom is 0.222 e. The van der Waals surface area contributed by atoms with Crippen molar-refractivity contribution in [1.29, 1.82) is 0 Å². The van der Waals surface area contributed by atoms with Gasteiger partial charge in [-0.2, -0.15) is 0 Å². The molecule has 1 atom stereocenters. The van der Waals surface area contributed by atoms with E-state index in [0.717, 1.165) is 38.3 Å². The Morgan fingerprint density at radius 3 is 2.48 bits per heavy atom. The van der Waals surface area contributed by atoms with Gasteiger partial charge in [0.05, 0.1) is 12.5 Å². The van der Waals surface area contributed by atoms with E-state index in [-0.39, 0.29) is 36.7 Å². The van der Waals surface area contributed by atoms with Gasteiger partial charge in [0.15, 0.2) is 0 Å². The summed E-state index contributed by atoms with van der Waals surface area (Å²) < 4.78 is 0. The van der Waals surface area contributed by atoms with Crippen LogP contribution in [0.2, 0.25) is 5.02 Å². The second kappa shape index (κ2) is 11.3. The summed E-state index contributed by atoms with van der Waals surface area (Å²) in [6, 6.07) is 6.83. The van der Waals surface area contributed by atoms with Crippen LogP contribution in [0.3, 0.4) is 0 Å². The monoisotopic (exact) mass is 388 g/mol. The number of piperazine rings is 1. The van der Waals surface area contributed by atoms with Gasteiger partial charge in [0.2, 0.25) is 11.8 Å². The highest BCUT2D eigenvalue weighted by molar-refractivity contribution is 6.30. The van der Waals surface area contributed by atoms with Crippen molar-refractivity contribution in [2.24, 2.45) is 0 Å². The smallest absolute Gasteiger partial charge is 0.222 e. The largest absolute Gasteiger partial charge is 0.355 e. The Morgan fingerprint density at radius 2 is 1.88 bits per heavy atom. The third-order valence-electron chi connectivity index (χ3n) is 4.00. The number of carbonyl (C=O) groups excluding carboxylic acids is 2. The summed E-state index contributed by atoms with van der Waals surface area (Å²) in [5.74, 6) is -0.234. The molecule has 0 spiro atoms. The first-order chi connectivity index (χ1) is 11.5. The molecule has 3 N–H and O–H groups in total. The molecule has 1 aliphatic rings. The standard InChI is InChI=1S/C17H25ClN4O2.ClH/c1-13(23)21-16(14-2-4-15(18)5-3-14)12-17(24)20-8-11-22-9-6-19-7-10-22;/h2-5,16,19H,6-12H2,1H3,(H,20,24)(H,21,23);1H. The van der Waals surface area contributed by atoms with E-state index < -0.39 is 0 Å². The molecule has 1 fully saturated rings. The first-order valence-corrected chi connectivity index (χ1v) is 8.65. The number of halogens is 2. The van der Waals surface area contributed by atoms with E-state index in [0.29, 0.717) is 11.6 Å². The van der Waals surface area contributed by atoms with E-state index in [9.17, 15) is 9.59 Å². The fourth-order valence-electron chi connectivity index (χ4n) is 2.74. The van der Waals surface area contributed by atoms with Crippen molar-refractivity contribution < 1.29 is 9.59 Å². The molecule has 1 aromatic rings. The topological polar surface area (TPSA) is 73.5 Å². The predicted octanol–water partition coefficient (Wildman–Crippen LogP) is 1.35. The van der Waals surface area contributed by atoms with Gasteiger partial charge >= 0.3 is 0 Å². The van der Waals surface area contributed by atoms with Crippen molar-refractivity contribution in [3.63, 3.8) is 0 Å². The average molecular weight is 389 g/mol. The zero-order valence-electron chi connectivity index (χ0n) is 14.4. The van der Waals surface area contributed by atoms with Crippen LogP contribution in [0.25, 0.3) is 0 Å². The summed E-state index contributed by atoms with van der Waals surface area (Å²) in [6.45, 7) is 6.92. The Bertz CT molecular complexity index is 548. The molecular formula is C17H26Cl2N4O2. The van der Waals surface area contributed by atoms with Crippen LogP contribution in [0.5, 0.6) is 0 Å². The van der Waals surface area contributed by atoms with Crippen molar-refractivity contribution >= 4 is 35.8 Å². The fourth-order valence-corrected chi connectivity index (χ4v) is 2.86. The minimum atomic E-state index is -0.348. The van der Waals surface area contributed by atoms with Crippen molar-refractivity contribution in [3.05, 3.63) is 34.9 Å². The highest BCUT2D eigenvalue weighted by atomic mass is 35.5. The molecule has 6 nitrogen and oxygen atoms in total. The molecule has 1 saturated heterocycles. The lowest BCUT2D eigenvalue weighted by atomic mass is 10.0. The summed E-state index contributed by atoms with van der Waals surface area (Å²) in [5, 5.41) is 9.69. The molecule has 0 saturated carbocycles. The van der Waals surface area contributed by atoms with Crippen LogP contribution in [0.1, 0.15) is 24.9 Å². The number of nitrogens with zero attached hydrogens (tertiary/aromatic N) is 1. The van der Waals surface area contributed by atoms with Crippen LogP contribution in [0.15, 0.2) is 24.3 Å². The molecule has 2 rings (SSSR count). The molecule has 0 aliphatic carbocycles. The van der Waals surface area contributed by atoms with Crippen molar-refractivity contribution in [3.8, 4) is 0 Å². The summed E-state index contributed by atoms with van der Waals surface area (Å²) in [5.41, 5.74) is 0.867. The Morgan fingerprint density at radius 1 is 1.24 bits per heavy atom. The third-order valence-corrected chi connectivity index (χ3v) is 4.25. The molecule has 2 amide bonds. The van der Waals surface area contributed by atoms with Crippen LogP contribution in [-0.4, -0.2) is 56.0 Å². The summed E-state index contributed by atoms with van der Waals surface area (Å²) in [6.07, 6.45) is 0.211. The van der Waals surface area contributed by atoms with Crippen molar-refractivity contribution in [2.45, 2.75) is 19.4 Å². The minimum Gasteiger partial charge on any atom is -0.355 e. The third kappa shape index (κ3) is 8.05. The van der Waals surface area contributed by atoms with Gasteiger partial charge in [-0.05, 0) is 17.7 Å². The Labute approximate surface area is 160 Å². The molecule has 25 heavy (non-hydrogen) atoms. The van der Waals surface area contributed by atoms with Crippen molar-refractivity contribution in [1.82, 2.24) is 20.9 Å². The molecule has 0 bridgehead atoms. The van der Waals surface area contributed by atoms with Crippen LogP contribution < -0.4 is 16.0 Å². The Hall–Kier alpha value is -1.34. The number of carbonyl (C=O) groups is 2. The van der Waals surface area contributed by atoms with Gasteiger partial charge in [0.1, 0.15) is 0 Å². The van der Waals surface area contributed by atoms with Crippen molar-refractivity contribution in [2.75, 3.05) is 39.3 Å². The van der Waals surface area contributed by atoms with Gasteiger partial charge in [0.25, 0.3) is 0 Å². The minimum absolute atomic E-state index is 0. The summed E-state index contributed by atoms with van der Waals surface area (Å²) in [4.78, 5) is 25.9. The van der Waals surface area contributed by atoms with Crippen LogP contribution in [0, 0.1) is 0 Å². The second-order valence-corrected chi connectivity index (χ2v) is 6.39. The van der Waals surface area contributed by atoms with Gasteiger partial charge in [-0.3, -0.25) is 14.5 Å². The van der Waals surface area contributed by atoms with Gasteiger partial charge in [-0.15, -0.1) is 12.4 Å². The molecule has 0 aromatic heterocycles. The molecular weight excluding hydrogens is 363 g/mol. The summed E-state index contributed by atoms with van der Waals surface area (Å²) in [7, 11) is 0. The van der Waals surface area contributed by atoms with E-state index in [2.05, 4.69) is 20.9 Å². The van der Waals surface area contributed by atoms with Crippen LogP contribution in [-0.2, 0) is 9.59 Å². The number of rotatable bonds is 7. The van der Waals surface area contributed by atoms with Gasteiger partial charge < -0.3 is 16.0 Å². The van der Waals surface area contributed by atoms with E-state index in [1.54, 1.807) is 12.1 Å². The number of benzene rings is 1. The number of hydrogen-bond donors (Lipinski definition) is 3. The van der Waals surface area contributed by atoms with Gasteiger partial charge in [-0.25, -0.2) is 0 Å². The second-order valence-electron chi connectivity index (χ2n) is 5.95. The van der Waals surface area contributed by atoms with E-state index in [4.69, 9.17) is 11.6 Å². The molecule has 1 aliphatic heterocycles. The first-order valence-electron chi connectivity index (χ1n) is 8.27. The summed E-state index contributed by atoms with van der Waals surface area (Å²) >= 11 is 5.89. The van der Waals surface area contributed by atoms with E-state index in [1.807, 2.05) is 12.1 Å².